The summed E-state index contributed by atoms with van der Waals surface area (Å²) in [6.07, 6.45) is 5.80. The number of nitrogens with zero attached hydrogens (tertiary/aromatic N) is 2. The average molecular weight is 731 g/mol. The zero-order valence-electron chi connectivity index (χ0n) is 32.2. The first-order valence-corrected chi connectivity index (χ1v) is 20.1. The molecule has 2 heteroatoms. The SMILES string of the molecule is CC1(C)C2=C(C=CC(N(c3ccccc3)c3cc4ccccc4c4ccccc34)C2)c2ccc(N(c3ccccc3)c3cc4ccccc4c4ccccc34)cc21. The van der Waals surface area contributed by atoms with E-state index in [9.17, 15) is 0 Å². The van der Waals surface area contributed by atoms with Gasteiger partial charge in [-0.25, -0.2) is 0 Å². The van der Waals surface area contributed by atoms with Crippen molar-refractivity contribution in [2.45, 2.75) is 31.7 Å². The first-order valence-electron chi connectivity index (χ1n) is 20.1. The lowest BCUT2D eigenvalue weighted by Crippen LogP contribution is -2.33. The van der Waals surface area contributed by atoms with Crippen molar-refractivity contribution in [3.8, 4) is 0 Å². The van der Waals surface area contributed by atoms with Crippen LogP contribution in [0.1, 0.15) is 31.4 Å². The van der Waals surface area contributed by atoms with Gasteiger partial charge in [0.05, 0.1) is 17.4 Å². The van der Waals surface area contributed by atoms with E-state index >= 15 is 0 Å². The fourth-order valence-electron chi connectivity index (χ4n) is 9.86. The van der Waals surface area contributed by atoms with E-state index in [2.05, 4.69) is 224 Å². The summed E-state index contributed by atoms with van der Waals surface area (Å²) in [5.74, 6) is 0. The molecule has 0 heterocycles. The van der Waals surface area contributed by atoms with Crippen LogP contribution in [0.4, 0.5) is 28.4 Å². The van der Waals surface area contributed by atoms with Gasteiger partial charge in [0.25, 0.3) is 0 Å². The summed E-state index contributed by atoms with van der Waals surface area (Å²) in [4.78, 5) is 5.05. The van der Waals surface area contributed by atoms with E-state index < -0.39 is 0 Å². The minimum atomic E-state index is -0.175. The topological polar surface area (TPSA) is 6.48 Å². The standard InChI is InChI=1S/C55H42N2/c1-55(2)51-35-41(56(39-19-5-3-6-20-39)53-33-37-17-9-11-23-43(37)45-25-13-15-27-49(45)53)29-31-47(51)48-32-30-42(36-52(48)55)57(40-21-7-4-8-22-40)54-34-38-18-10-12-24-44(38)46-26-14-16-28-50(46)54/h3-35,42H,36H2,1-2H3. The summed E-state index contributed by atoms with van der Waals surface area (Å²) < 4.78 is 0. The summed E-state index contributed by atoms with van der Waals surface area (Å²) in [5, 5.41) is 10.1. The predicted octanol–water partition coefficient (Wildman–Crippen LogP) is 15.0. The molecule has 2 aliphatic carbocycles. The third-order valence-electron chi connectivity index (χ3n) is 12.6. The summed E-state index contributed by atoms with van der Waals surface area (Å²) in [6, 6.07) is 69.2. The third-order valence-corrected chi connectivity index (χ3v) is 12.6. The van der Waals surface area contributed by atoms with Gasteiger partial charge < -0.3 is 9.80 Å². The van der Waals surface area contributed by atoms with Crippen molar-refractivity contribution in [3.05, 3.63) is 217 Å². The van der Waals surface area contributed by atoms with Gasteiger partial charge in [-0.05, 0) is 110 Å². The quantitative estimate of drug-likeness (QED) is 0.157. The summed E-state index contributed by atoms with van der Waals surface area (Å²) in [7, 11) is 0. The zero-order valence-corrected chi connectivity index (χ0v) is 32.2. The van der Waals surface area contributed by atoms with Crippen LogP contribution in [-0.4, -0.2) is 6.04 Å². The highest BCUT2D eigenvalue weighted by molar-refractivity contribution is 6.15. The van der Waals surface area contributed by atoms with Crippen molar-refractivity contribution in [2.75, 3.05) is 9.80 Å². The number of benzene rings is 9. The number of allylic oxidation sites excluding steroid dienone is 2. The fraction of sp³-hybridized carbons (Fsp3) is 0.0909. The Hall–Kier alpha value is -6.90. The molecule has 272 valence electrons. The van der Waals surface area contributed by atoms with Gasteiger partial charge in [0.2, 0.25) is 0 Å². The van der Waals surface area contributed by atoms with Crippen molar-refractivity contribution in [3.63, 3.8) is 0 Å². The maximum Gasteiger partial charge on any atom is 0.0563 e. The second kappa shape index (κ2) is 13.1. The van der Waals surface area contributed by atoms with Gasteiger partial charge in [0, 0.05) is 33.2 Å². The number of hydrogen-bond acceptors (Lipinski definition) is 2. The number of hydrogen-bond donors (Lipinski definition) is 0. The average Bonchev–Trinajstić information content (AvgIpc) is 3.49. The molecular weight excluding hydrogens is 689 g/mol. The molecule has 0 aromatic heterocycles. The van der Waals surface area contributed by atoms with Crippen molar-refractivity contribution in [1.82, 2.24) is 0 Å². The van der Waals surface area contributed by atoms with Crippen LogP contribution in [0, 0.1) is 0 Å². The highest BCUT2D eigenvalue weighted by Gasteiger charge is 2.41. The molecule has 0 fully saturated rings. The van der Waals surface area contributed by atoms with Crippen LogP contribution < -0.4 is 9.80 Å². The molecule has 2 aliphatic rings. The molecule has 57 heavy (non-hydrogen) atoms. The molecule has 0 saturated carbocycles. The van der Waals surface area contributed by atoms with Crippen LogP contribution in [0.5, 0.6) is 0 Å². The van der Waals surface area contributed by atoms with Crippen molar-refractivity contribution in [2.24, 2.45) is 0 Å². The van der Waals surface area contributed by atoms with E-state index in [4.69, 9.17) is 0 Å². The Morgan fingerprint density at radius 3 is 1.60 bits per heavy atom. The molecule has 9 aromatic rings. The molecule has 1 unspecified atom stereocenters. The van der Waals surface area contributed by atoms with Crippen molar-refractivity contribution in [1.29, 1.82) is 0 Å². The van der Waals surface area contributed by atoms with Gasteiger partial charge >= 0.3 is 0 Å². The lowest BCUT2D eigenvalue weighted by atomic mass is 9.77. The van der Waals surface area contributed by atoms with Crippen LogP contribution in [0.15, 0.2) is 206 Å². The molecule has 0 N–H and O–H groups in total. The lowest BCUT2D eigenvalue weighted by molar-refractivity contribution is 0.585. The molecule has 0 aliphatic heterocycles. The van der Waals surface area contributed by atoms with Crippen LogP contribution in [0.25, 0.3) is 48.7 Å². The first kappa shape index (κ1) is 33.4. The van der Waals surface area contributed by atoms with Gasteiger partial charge in [0.15, 0.2) is 0 Å². The minimum absolute atomic E-state index is 0.133. The predicted molar refractivity (Wildman–Crippen MR) is 244 cm³/mol. The Balaban J connectivity index is 1.03. The first-order chi connectivity index (χ1) is 28.0. The normalized spacial score (nSPS) is 15.6. The van der Waals surface area contributed by atoms with Crippen molar-refractivity contribution >= 4 is 77.1 Å². The summed E-state index contributed by atoms with van der Waals surface area (Å²) >= 11 is 0. The van der Waals surface area contributed by atoms with Gasteiger partial charge in [0.1, 0.15) is 0 Å². The monoisotopic (exact) mass is 730 g/mol. The number of fused-ring (bicyclic) bond motifs is 8. The zero-order chi connectivity index (χ0) is 38.1. The Morgan fingerprint density at radius 2 is 0.965 bits per heavy atom. The number of rotatable bonds is 6. The third kappa shape index (κ3) is 5.32. The number of anilines is 5. The summed E-state index contributed by atoms with van der Waals surface area (Å²) in [5.41, 5.74) is 11.4. The maximum absolute atomic E-state index is 2.58. The second-order valence-corrected chi connectivity index (χ2v) is 16.1. The lowest BCUT2D eigenvalue weighted by Gasteiger charge is -2.37. The van der Waals surface area contributed by atoms with E-state index in [1.807, 2.05) is 0 Å². The highest BCUT2D eigenvalue weighted by atomic mass is 15.2. The molecule has 9 aromatic carbocycles. The minimum Gasteiger partial charge on any atom is -0.334 e. The number of para-hydroxylation sites is 2. The van der Waals surface area contributed by atoms with E-state index in [1.165, 1.54) is 88.1 Å². The fourth-order valence-corrected chi connectivity index (χ4v) is 9.86. The second-order valence-electron chi connectivity index (χ2n) is 16.1. The van der Waals surface area contributed by atoms with E-state index in [-0.39, 0.29) is 11.5 Å². The molecule has 1 atom stereocenters. The molecule has 0 saturated heterocycles. The molecule has 0 radical (unpaired) electrons. The van der Waals surface area contributed by atoms with Gasteiger partial charge in [-0.2, -0.15) is 0 Å². The van der Waals surface area contributed by atoms with E-state index in [1.54, 1.807) is 0 Å². The Kier molecular flexibility index (Phi) is 7.69. The highest BCUT2D eigenvalue weighted by Crippen LogP contribution is 2.54. The molecule has 0 amide bonds. The summed E-state index contributed by atoms with van der Waals surface area (Å²) in [6.45, 7) is 4.87. The van der Waals surface area contributed by atoms with Gasteiger partial charge in [-0.1, -0.05) is 166 Å². The molecule has 11 rings (SSSR count). The van der Waals surface area contributed by atoms with E-state index in [0.717, 1.165) is 12.1 Å². The Labute approximate surface area is 334 Å². The van der Waals surface area contributed by atoms with Crippen LogP contribution in [-0.2, 0) is 5.41 Å². The van der Waals surface area contributed by atoms with Gasteiger partial charge in [-0.15, -0.1) is 0 Å². The Bertz CT molecular complexity index is 3080. The molecule has 0 bridgehead atoms. The van der Waals surface area contributed by atoms with Gasteiger partial charge in [-0.3, -0.25) is 0 Å². The van der Waals surface area contributed by atoms with E-state index in [0.29, 0.717) is 0 Å². The van der Waals surface area contributed by atoms with Crippen LogP contribution >= 0.6 is 0 Å². The maximum atomic E-state index is 2.58. The smallest absolute Gasteiger partial charge is 0.0563 e. The van der Waals surface area contributed by atoms with Crippen LogP contribution in [0.2, 0.25) is 0 Å². The van der Waals surface area contributed by atoms with Crippen LogP contribution in [0.3, 0.4) is 0 Å². The Morgan fingerprint density at radius 1 is 0.456 bits per heavy atom. The molecule has 2 nitrogen and oxygen atoms in total. The largest absolute Gasteiger partial charge is 0.334 e. The molecule has 0 spiro atoms. The van der Waals surface area contributed by atoms with Crippen molar-refractivity contribution < 1.29 is 0 Å². The molecular formula is C55H42N2.